The lowest BCUT2D eigenvalue weighted by Crippen LogP contribution is -2.27. The Morgan fingerprint density at radius 2 is 1.81 bits per heavy atom. The summed E-state index contributed by atoms with van der Waals surface area (Å²) in [7, 11) is 1.63. The molecule has 0 aliphatic carbocycles. The second-order valence-corrected chi connectivity index (χ2v) is 4.58. The van der Waals surface area contributed by atoms with Gasteiger partial charge in [0, 0.05) is 25.8 Å². The van der Waals surface area contributed by atoms with Crippen molar-refractivity contribution >= 4 is 5.91 Å². The van der Waals surface area contributed by atoms with Crippen LogP contribution in [0.1, 0.15) is 29.6 Å². The zero-order chi connectivity index (χ0) is 15.9. The van der Waals surface area contributed by atoms with E-state index in [-0.39, 0.29) is 18.3 Å². The molecule has 0 spiro atoms. The lowest BCUT2D eigenvalue weighted by Gasteiger charge is -2.17. The number of carbonyl (C=O) groups excluding carboxylic acids is 1. The van der Waals surface area contributed by atoms with Gasteiger partial charge < -0.3 is 14.7 Å². The summed E-state index contributed by atoms with van der Waals surface area (Å²) >= 11 is 0. The van der Waals surface area contributed by atoms with Crippen molar-refractivity contribution < 1.29 is 27.8 Å². The lowest BCUT2D eigenvalue weighted by atomic mass is 10.2. The summed E-state index contributed by atoms with van der Waals surface area (Å²) in [6.45, 7) is 0.651. The first-order valence-electron chi connectivity index (χ1n) is 6.55. The Balaban J connectivity index is 2.54. The zero-order valence-corrected chi connectivity index (χ0v) is 11.7. The van der Waals surface area contributed by atoms with E-state index in [0.717, 1.165) is 25.0 Å². The van der Waals surface area contributed by atoms with Gasteiger partial charge in [-0.25, -0.2) is 0 Å². The van der Waals surface area contributed by atoms with E-state index in [1.54, 1.807) is 7.05 Å². The molecule has 0 heterocycles. The molecule has 118 valence electrons. The molecule has 1 aromatic rings. The average Bonchev–Trinajstić information content (AvgIpc) is 2.41. The number of ether oxygens (including phenoxy) is 1. The predicted molar refractivity (Wildman–Crippen MR) is 71.0 cm³/mol. The van der Waals surface area contributed by atoms with E-state index in [1.165, 1.54) is 17.0 Å². The Morgan fingerprint density at radius 1 is 1.19 bits per heavy atom. The molecule has 0 fully saturated rings. The second kappa shape index (κ2) is 7.87. The highest BCUT2D eigenvalue weighted by atomic mass is 19.4. The molecule has 1 rings (SSSR count). The molecular weight excluding hydrogens is 287 g/mol. The van der Waals surface area contributed by atoms with Crippen LogP contribution in [0, 0.1) is 0 Å². The first kappa shape index (κ1) is 17.3. The SMILES string of the molecule is CN(CCCCCO)C(=O)c1ccc(OC(F)(F)F)cc1. The van der Waals surface area contributed by atoms with Gasteiger partial charge in [0.05, 0.1) is 0 Å². The zero-order valence-electron chi connectivity index (χ0n) is 11.7. The van der Waals surface area contributed by atoms with Crippen LogP contribution in [0.25, 0.3) is 0 Å². The van der Waals surface area contributed by atoms with E-state index in [1.807, 2.05) is 0 Å². The largest absolute Gasteiger partial charge is 0.573 e. The third-order valence-electron chi connectivity index (χ3n) is 2.83. The monoisotopic (exact) mass is 305 g/mol. The summed E-state index contributed by atoms with van der Waals surface area (Å²) in [5.41, 5.74) is 0.300. The Morgan fingerprint density at radius 3 is 2.33 bits per heavy atom. The van der Waals surface area contributed by atoms with Crippen LogP contribution in [0.2, 0.25) is 0 Å². The molecule has 0 radical (unpaired) electrons. The van der Waals surface area contributed by atoms with Gasteiger partial charge in [-0.15, -0.1) is 13.2 Å². The second-order valence-electron chi connectivity index (χ2n) is 4.58. The lowest BCUT2D eigenvalue weighted by molar-refractivity contribution is -0.274. The molecule has 0 aliphatic heterocycles. The van der Waals surface area contributed by atoms with Gasteiger partial charge in [0.1, 0.15) is 5.75 Å². The Kier molecular flexibility index (Phi) is 6.48. The fraction of sp³-hybridized carbons (Fsp3) is 0.500. The number of rotatable bonds is 7. The minimum atomic E-state index is -4.74. The molecule has 4 nitrogen and oxygen atoms in total. The van der Waals surface area contributed by atoms with Gasteiger partial charge in [-0.3, -0.25) is 4.79 Å². The molecule has 0 bridgehead atoms. The highest BCUT2D eigenvalue weighted by molar-refractivity contribution is 5.94. The molecule has 0 aromatic heterocycles. The Labute approximate surface area is 121 Å². The van der Waals surface area contributed by atoms with Crippen molar-refractivity contribution in [1.29, 1.82) is 0 Å². The van der Waals surface area contributed by atoms with Crippen molar-refractivity contribution in [2.75, 3.05) is 20.2 Å². The van der Waals surface area contributed by atoms with Crippen LogP contribution in [0.5, 0.6) is 5.75 Å². The van der Waals surface area contributed by atoms with Gasteiger partial charge in [-0.2, -0.15) is 0 Å². The number of halogens is 3. The number of nitrogens with zero attached hydrogens (tertiary/aromatic N) is 1. The summed E-state index contributed by atoms with van der Waals surface area (Å²) in [5, 5.41) is 8.65. The normalized spacial score (nSPS) is 11.3. The maximum absolute atomic E-state index is 12.0. The molecule has 21 heavy (non-hydrogen) atoms. The van der Waals surface area contributed by atoms with Crippen molar-refractivity contribution in [1.82, 2.24) is 4.90 Å². The van der Waals surface area contributed by atoms with Crippen molar-refractivity contribution in [2.24, 2.45) is 0 Å². The highest BCUT2D eigenvalue weighted by Gasteiger charge is 2.31. The first-order valence-corrected chi connectivity index (χ1v) is 6.55. The number of unbranched alkanes of at least 4 members (excludes halogenated alkanes) is 2. The minimum absolute atomic E-state index is 0.123. The third-order valence-corrected chi connectivity index (χ3v) is 2.83. The molecular formula is C14H18F3NO3. The summed E-state index contributed by atoms with van der Waals surface area (Å²) in [4.78, 5) is 13.5. The molecule has 1 N–H and O–H groups in total. The number of carbonyl (C=O) groups is 1. The number of hydrogen-bond donors (Lipinski definition) is 1. The maximum Gasteiger partial charge on any atom is 0.573 e. The van der Waals surface area contributed by atoms with Crippen molar-refractivity contribution in [2.45, 2.75) is 25.6 Å². The molecule has 0 saturated carbocycles. The van der Waals surface area contributed by atoms with Crippen molar-refractivity contribution in [3.63, 3.8) is 0 Å². The van der Waals surface area contributed by atoms with E-state index in [2.05, 4.69) is 4.74 Å². The van der Waals surface area contributed by atoms with E-state index in [4.69, 9.17) is 5.11 Å². The number of amides is 1. The van der Waals surface area contributed by atoms with Crippen LogP contribution in [-0.2, 0) is 0 Å². The number of hydrogen-bond acceptors (Lipinski definition) is 3. The summed E-state index contributed by atoms with van der Waals surface area (Å²) in [6.07, 6.45) is -2.48. The van der Waals surface area contributed by atoms with Crippen LogP contribution >= 0.6 is 0 Å². The van der Waals surface area contributed by atoms with Crippen molar-refractivity contribution in [3.05, 3.63) is 29.8 Å². The van der Waals surface area contributed by atoms with Gasteiger partial charge in [0.2, 0.25) is 0 Å². The number of aliphatic hydroxyl groups is 1. The maximum atomic E-state index is 12.0. The van der Waals surface area contributed by atoms with Gasteiger partial charge in [-0.1, -0.05) is 0 Å². The van der Waals surface area contributed by atoms with Gasteiger partial charge in [0.25, 0.3) is 5.91 Å². The summed E-state index contributed by atoms with van der Waals surface area (Å²) < 4.78 is 39.8. The van der Waals surface area contributed by atoms with Crippen LogP contribution < -0.4 is 4.74 Å². The van der Waals surface area contributed by atoms with Crippen LogP contribution in [0.4, 0.5) is 13.2 Å². The fourth-order valence-corrected chi connectivity index (χ4v) is 1.76. The quantitative estimate of drug-likeness (QED) is 0.788. The summed E-state index contributed by atoms with van der Waals surface area (Å²) in [5.74, 6) is -0.623. The highest BCUT2D eigenvalue weighted by Crippen LogP contribution is 2.23. The van der Waals surface area contributed by atoms with Gasteiger partial charge in [0.15, 0.2) is 0 Å². The molecule has 7 heteroatoms. The predicted octanol–water partition coefficient (Wildman–Crippen LogP) is 2.82. The number of aliphatic hydroxyl groups excluding tert-OH is 1. The average molecular weight is 305 g/mol. The smallest absolute Gasteiger partial charge is 0.406 e. The third kappa shape index (κ3) is 6.48. The van der Waals surface area contributed by atoms with Crippen LogP contribution in [0.15, 0.2) is 24.3 Å². The Hall–Kier alpha value is -1.76. The van der Waals surface area contributed by atoms with E-state index in [0.29, 0.717) is 18.5 Å². The van der Waals surface area contributed by atoms with Crippen LogP contribution in [0.3, 0.4) is 0 Å². The standard InChI is InChI=1S/C14H18F3NO3/c1-18(9-3-2-4-10-19)13(20)11-5-7-12(8-6-11)21-14(15,16)17/h5-8,19H,2-4,9-10H2,1H3. The van der Waals surface area contributed by atoms with Crippen molar-refractivity contribution in [3.8, 4) is 5.75 Å². The first-order chi connectivity index (χ1) is 9.83. The van der Waals surface area contributed by atoms with E-state index in [9.17, 15) is 18.0 Å². The molecule has 1 aromatic carbocycles. The van der Waals surface area contributed by atoms with E-state index >= 15 is 0 Å². The fourth-order valence-electron chi connectivity index (χ4n) is 1.76. The molecule has 0 saturated heterocycles. The molecule has 0 unspecified atom stereocenters. The minimum Gasteiger partial charge on any atom is -0.406 e. The summed E-state index contributed by atoms with van der Waals surface area (Å²) in [6, 6.07) is 4.82. The van der Waals surface area contributed by atoms with Gasteiger partial charge in [-0.05, 0) is 43.5 Å². The molecule has 0 aliphatic rings. The van der Waals surface area contributed by atoms with E-state index < -0.39 is 6.36 Å². The molecule has 1 amide bonds. The molecule has 0 atom stereocenters. The Bertz CT molecular complexity index is 446. The number of alkyl halides is 3. The number of benzene rings is 1. The topological polar surface area (TPSA) is 49.8 Å². The van der Waals surface area contributed by atoms with Gasteiger partial charge >= 0.3 is 6.36 Å². The van der Waals surface area contributed by atoms with Crippen LogP contribution in [-0.4, -0.2) is 42.5 Å².